The molecular formula is C18H31N5O2. The highest BCUT2D eigenvalue weighted by Crippen LogP contribution is 2.13. The van der Waals surface area contributed by atoms with Crippen LogP contribution in [0.15, 0.2) is 6.07 Å². The Bertz CT molecular complexity index is 601. The van der Waals surface area contributed by atoms with Crippen LogP contribution in [0.3, 0.4) is 0 Å². The molecular weight excluding hydrogens is 318 g/mol. The number of piperazine rings is 1. The van der Waals surface area contributed by atoms with E-state index in [1.807, 2.05) is 31.9 Å². The van der Waals surface area contributed by atoms with E-state index < -0.39 is 0 Å². The molecule has 1 fully saturated rings. The predicted molar refractivity (Wildman–Crippen MR) is 97.4 cm³/mol. The molecule has 0 bridgehead atoms. The number of aromatic nitrogens is 2. The molecule has 25 heavy (non-hydrogen) atoms. The van der Waals surface area contributed by atoms with Crippen LogP contribution in [0.5, 0.6) is 0 Å². The Morgan fingerprint density at radius 3 is 2.36 bits per heavy atom. The topological polar surface area (TPSA) is 70.5 Å². The second-order valence-electron chi connectivity index (χ2n) is 7.53. The smallest absolute Gasteiger partial charge is 0.272 e. The van der Waals surface area contributed by atoms with Crippen LogP contribution >= 0.6 is 0 Å². The lowest BCUT2D eigenvalue weighted by molar-refractivity contribution is -0.123. The van der Waals surface area contributed by atoms with Gasteiger partial charge in [0.25, 0.3) is 5.91 Å². The molecule has 2 rings (SSSR count). The Morgan fingerprint density at radius 2 is 1.80 bits per heavy atom. The van der Waals surface area contributed by atoms with Crippen LogP contribution in [0.1, 0.15) is 43.9 Å². The summed E-state index contributed by atoms with van der Waals surface area (Å²) >= 11 is 0. The molecule has 0 spiro atoms. The molecule has 0 aromatic carbocycles. The molecule has 140 valence electrons. The van der Waals surface area contributed by atoms with Crippen LogP contribution in [0.4, 0.5) is 0 Å². The van der Waals surface area contributed by atoms with Gasteiger partial charge in [-0.05, 0) is 32.3 Å². The number of amides is 2. The van der Waals surface area contributed by atoms with Crippen molar-refractivity contribution < 1.29 is 9.59 Å². The van der Waals surface area contributed by atoms with E-state index in [9.17, 15) is 9.59 Å². The van der Waals surface area contributed by atoms with E-state index in [1.54, 1.807) is 4.68 Å². The summed E-state index contributed by atoms with van der Waals surface area (Å²) in [5.41, 5.74) is 1.60. The minimum absolute atomic E-state index is 0.0243. The van der Waals surface area contributed by atoms with Gasteiger partial charge in [-0.3, -0.25) is 19.2 Å². The monoisotopic (exact) mass is 349 g/mol. The standard InChI is InChI=1S/C18H31N5O2/c1-13(2)10-15-11-16(21(5)20-15)18(25)23-8-6-22(7-9-23)12-17(24)19-14(3)4/h11,13-14H,6-10,12H2,1-5H3,(H,19,24). The molecule has 1 aromatic heterocycles. The summed E-state index contributed by atoms with van der Waals surface area (Å²) in [6.45, 7) is 11.3. The first-order valence-electron chi connectivity index (χ1n) is 9.10. The Labute approximate surface area is 150 Å². The number of aryl methyl sites for hydroxylation is 1. The quantitative estimate of drug-likeness (QED) is 0.828. The van der Waals surface area contributed by atoms with E-state index >= 15 is 0 Å². The van der Waals surface area contributed by atoms with Gasteiger partial charge in [-0.2, -0.15) is 5.10 Å². The highest BCUT2D eigenvalue weighted by molar-refractivity contribution is 5.92. The summed E-state index contributed by atoms with van der Waals surface area (Å²) < 4.78 is 1.68. The van der Waals surface area contributed by atoms with Crippen molar-refractivity contribution in [1.82, 2.24) is 24.9 Å². The summed E-state index contributed by atoms with van der Waals surface area (Å²) in [6, 6.07) is 2.06. The average Bonchev–Trinajstić information content (AvgIpc) is 2.86. The van der Waals surface area contributed by atoms with Crippen molar-refractivity contribution in [1.29, 1.82) is 0 Å². The van der Waals surface area contributed by atoms with Crippen molar-refractivity contribution in [2.75, 3.05) is 32.7 Å². The van der Waals surface area contributed by atoms with E-state index in [1.165, 1.54) is 0 Å². The molecule has 1 aromatic rings. The van der Waals surface area contributed by atoms with Crippen LogP contribution in [-0.4, -0.2) is 70.2 Å². The Hall–Kier alpha value is -1.89. The third-order valence-corrected chi connectivity index (χ3v) is 4.24. The lowest BCUT2D eigenvalue weighted by Crippen LogP contribution is -2.51. The zero-order chi connectivity index (χ0) is 18.6. The number of hydrogen-bond donors (Lipinski definition) is 1. The zero-order valence-corrected chi connectivity index (χ0v) is 16.1. The Balaban J connectivity index is 1.89. The molecule has 0 radical (unpaired) electrons. The summed E-state index contributed by atoms with van der Waals surface area (Å²) in [5, 5.41) is 7.36. The van der Waals surface area contributed by atoms with Crippen molar-refractivity contribution in [3.8, 4) is 0 Å². The molecule has 1 N–H and O–H groups in total. The van der Waals surface area contributed by atoms with E-state index in [4.69, 9.17) is 0 Å². The fraction of sp³-hybridized carbons (Fsp3) is 0.722. The first kappa shape index (κ1) is 19.4. The highest BCUT2D eigenvalue weighted by atomic mass is 16.2. The summed E-state index contributed by atoms with van der Waals surface area (Å²) in [5.74, 6) is 0.578. The second kappa shape index (κ2) is 8.47. The average molecular weight is 349 g/mol. The first-order chi connectivity index (χ1) is 11.8. The SMILES string of the molecule is CC(C)Cc1cc(C(=O)N2CCN(CC(=O)NC(C)C)CC2)n(C)n1. The van der Waals surface area contributed by atoms with E-state index in [2.05, 4.69) is 29.2 Å². The number of nitrogens with zero attached hydrogens (tertiary/aromatic N) is 4. The van der Waals surface area contributed by atoms with Crippen LogP contribution < -0.4 is 5.32 Å². The largest absolute Gasteiger partial charge is 0.353 e. The third kappa shape index (κ3) is 5.56. The Kier molecular flexibility index (Phi) is 6.58. The van der Waals surface area contributed by atoms with Crippen LogP contribution in [0.2, 0.25) is 0 Å². The minimum Gasteiger partial charge on any atom is -0.353 e. The van der Waals surface area contributed by atoms with E-state index in [0.717, 1.165) is 12.1 Å². The summed E-state index contributed by atoms with van der Waals surface area (Å²) in [7, 11) is 1.82. The number of hydrogen-bond acceptors (Lipinski definition) is 4. The molecule has 7 nitrogen and oxygen atoms in total. The van der Waals surface area contributed by atoms with Crippen LogP contribution in [-0.2, 0) is 18.3 Å². The van der Waals surface area contributed by atoms with Crippen molar-refractivity contribution in [3.05, 3.63) is 17.5 Å². The maximum Gasteiger partial charge on any atom is 0.272 e. The van der Waals surface area contributed by atoms with Gasteiger partial charge in [0.2, 0.25) is 5.91 Å². The maximum atomic E-state index is 12.8. The lowest BCUT2D eigenvalue weighted by Gasteiger charge is -2.34. The molecule has 2 heterocycles. The van der Waals surface area contributed by atoms with Crippen LogP contribution in [0.25, 0.3) is 0 Å². The highest BCUT2D eigenvalue weighted by Gasteiger charge is 2.25. The number of carbonyl (C=O) groups is 2. The fourth-order valence-electron chi connectivity index (χ4n) is 3.09. The first-order valence-corrected chi connectivity index (χ1v) is 9.10. The third-order valence-electron chi connectivity index (χ3n) is 4.24. The molecule has 0 saturated carbocycles. The van der Waals surface area contributed by atoms with E-state index in [0.29, 0.717) is 44.3 Å². The maximum absolute atomic E-state index is 12.8. The normalized spacial score (nSPS) is 15.9. The summed E-state index contributed by atoms with van der Waals surface area (Å²) in [4.78, 5) is 28.6. The van der Waals surface area contributed by atoms with Crippen molar-refractivity contribution >= 4 is 11.8 Å². The van der Waals surface area contributed by atoms with Gasteiger partial charge < -0.3 is 10.2 Å². The molecule has 0 unspecified atom stereocenters. The summed E-state index contributed by atoms with van der Waals surface area (Å²) in [6.07, 6.45) is 0.875. The molecule has 7 heteroatoms. The van der Waals surface area contributed by atoms with Gasteiger partial charge in [-0.1, -0.05) is 13.8 Å². The van der Waals surface area contributed by atoms with Crippen molar-refractivity contribution in [2.24, 2.45) is 13.0 Å². The van der Waals surface area contributed by atoms with Crippen molar-refractivity contribution in [2.45, 2.75) is 40.2 Å². The number of rotatable bonds is 6. The fourth-order valence-corrected chi connectivity index (χ4v) is 3.09. The number of nitrogens with one attached hydrogen (secondary N) is 1. The predicted octanol–water partition coefficient (Wildman–Crippen LogP) is 0.901. The van der Waals surface area contributed by atoms with Gasteiger partial charge in [0.05, 0.1) is 12.2 Å². The van der Waals surface area contributed by atoms with Gasteiger partial charge >= 0.3 is 0 Å². The Morgan fingerprint density at radius 1 is 1.16 bits per heavy atom. The van der Waals surface area contributed by atoms with Gasteiger partial charge in [-0.15, -0.1) is 0 Å². The van der Waals surface area contributed by atoms with Crippen molar-refractivity contribution in [3.63, 3.8) is 0 Å². The van der Waals surface area contributed by atoms with Gasteiger partial charge in [0.1, 0.15) is 5.69 Å². The molecule has 0 atom stereocenters. The van der Waals surface area contributed by atoms with Gasteiger partial charge in [0, 0.05) is 39.3 Å². The second-order valence-corrected chi connectivity index (χ2v) is 7.53. The lowest BCUT2D eigenvalue weighted by atomic mass is 10.1. The molecule has 1 saturated heterocycles. The molecule has 0 aliphatic carbocycles. The molecule has 2 amide bonds. The minimum atomic E-state index is 0.0243. The zero-order valence-electron chi connectivity index (χ0n) is 16.1. The number of carbonyl (C=O) groups excluding carboxylic acids is 2. The van der Waals surface area contributed by atoms with Gasteiger partial charge in [-0.25, -0.2) is 0 Å². The van der Waals surface area contributed by atoms with Crippen LogP contribution in [0, 0.1) is 5.92 Å². The van der Waals surface area contributed by atoms with E-state index in [-0.39, 0.29) is 17.9 Å². The molecule has 1 aliphatic heterocycles. The molecule has 1 aliphatic rings. The van der Waals surface area contributed by atoms with Gasteiger partial charge in [0.15, 0.2) is 0 Å².